The molecule has 3 rings (SSSR count). The lowest BCUT2D eigenvalue weighted by Gasteiger charge is -2.14. The molecule has 6 heteroatoms. The van der Waals surface area contributed by atoms with Crippen molar-refractivity contribution in [3.05, 3.63) is 53.9 Å². The molecule has 0 radical (unpaired) electrons. The third kappa shape index (κ3) is 3.97. The Morgan fingerprint density at radius 1 is 1.30 bits per heavy atom. The fourth-order valence-electron chi connectivity index (χ4n) is 2.82. The van der Waals surface area contributed by atoms with E-state index in [1.807, 2.05) is 35.1 Å². The molecular weight excluding hydrogens is 292 g/mol. The second kappa shape index (κ2) is 7.39. The first kappa shape index (κ1) is 15.7. The average molecular weight is 314 g/mol. The summed E-state index contributed by atoms with van der Waals surface area (Å²) in [5.41, 5.74) is 7.81. The zero-order chi connectivity index (χ0) is 16.1. The van der Waals surface area contributed by atoms with Crippen molar-refractivity contribution in [1.29, 1.82) is 0 Å². The number of rotatable bonds is 6. The number of nitrogens with one attached hydrogen (secondary N) is 1. The lowest BCUT2D eigenvalue weighted by atomic mass is 10.1. The van der Waals surface area contributed by atoms with Crippen molar-refractivity contribution < 1.29 is 9.53 Å². The maximum Gasteiger partial charge on any atom is 0.249 e. The van der Waals surface area contributed by atoms with Crippen molar-refractivity contribution in [2.75, 3.05) is 6.54 Å². The number of benzene rings is 1. The summed E-state index contributed by atoms with van der Waals surface area (Å²) in [7, 11) is 0. The molecule has 0 unspecified atom stereocenters. The molecular formula is C17H22N4O2. The molecule has 23 heavy (non-hydrogen) atoms. The highest BCUT2D eigenvalue weighted by Gasteiger charge is 2.29. The quantitative estimate of drug-likeness (QED) is 0.835. The summed E-state index contributed by atoms with van der Waals surface area (Å²) in [5, 5.41) is 7.20. The Bertz CT molecular complexity index is 642. The topological polar surface area (TPSA) is 82.2 Å². The first-order chi connectivity index (χ1) is 11.3. The van der Waals surface area contributed by atoms with E-state index >= 15 is 0 Å². The van der Waals surface area contributed by atoms with Gasteiger partial charge in [-0.3, -0.25) is 9.48 Å². The van der Waals surface area contributed by atoms with Crippen LogP contribution < -0.4 is 11.1 Å². The molecule has 1 saturated heterocycles. The van der Waals surface area contributed by atoms with Crippen molar-refractivity contribution >= 4 is 5.91 Å². The van der Waals surface area contributed by atoms with Crippen LogP contribution in [0.2, 0.25) is 0 Å². The maximum absolute atomic E-state index is 12.2. The highest BCUT2D eigenvalue weighted by atomic mass is 16.5. The number of ether oxygens (including phenoxy) is 1. The van der Waals surface area contributed by atoms with E-state index in [2.05, 4.69) is 16.5 Å². The van der Waals surface area contributed by atoms with Crippen molar-refractivity contribution in [3.63, 3.8) is 0 Å². The van der Waals surface area contributed by atoms with Crippen LogP contribution in [0.5, 0.6) is 0 Å². The number of nitrogens with two attached hydrogens (primary N) is 1. The van der Waals surface area contributed by atoms with E-state index in [0.717, 1.165) is 24.0 Å². The Morgan fingerprint density at radius 3 is 2.83 bits per heavy atom. The molecule has 2 atom stereocenters. The van der Waals surface area contributed by atoms with Gasteiger partial charge in [-0.25, -0.2) is 0 Å². The Hall–Kier alpha value is -2.18. The van der Waals surface area contributed by atoms with Gasteiger partial charge in [-0.15, -0.1) is 0 Å². The first-order valence-corrected chi connectivity index (χ1v) is 7.93. The predicted molar refractivity (Wildman–Crippen MR) is 86.6 cm³/mol. The first-order valence-electron chi connectivity index (χ1n) is 7.93. The van der Waals surface area contributed by atoms with E-state index in [9.17, 15) is 4.79 Å². The van der Waals surface area contributed by atoms with Gasteiger partial charge < -0.3 is 15.8 Å². The molecule has 0 bridgehead atoms. The van der Waals surface area contributed by atoms with Crippen LogP contribution in [0.25, 0.3) is 0 Å². The van der Waals surface area contributed by atoms with Crippen LogP contribution in [-0.4, -0.2) is 34.4 Å². The number of nitrogens with zero attached hydrogens (tertiary/aromatic N) is 2. The van der Waals surface area contributed by atoms with E-state index < -0.39 is 0 Å². The van der Waals surface area contributed by atoms with Gasteiger partial charge in [-0.1, -0.05) is 24.3 Å². The van der Waals surface area contributed by atoms with Crippen LogP contribution in [-0.2, 0) is 22.6 Å². The zero-order valence-corrected chi connectivity index (χ0v) is 13.0. The van der Waals surface area contributed by atoms with E-state index in [4.69, 9.17) is 10.5 Å². The highest BCUT2D eigenvalue weighted by molar-refractivity contribution is 5.81. The zero-order valence-electron chi connectivity index (χ0n) is 13.0. The van der Waals surface area contributed by atoms with Crippen LogP contribution >= 0.6 is 0 Å². The van der Waals surface area contributed by atoms with Gasteiger partial charge in [0, 0.05) is 25.5 Å². The SMILES string of the molecule is NC[C@H]1CC[C@@H](C(=O)NCc2ccccc2Cn2cccn2)O1. The number of amides is 1. The van der Waals surface area contributed by atoms with Crippen molar-refractivity contribution in [2.24, 2.45) is 5.73 Å². The fraction of sp³-hybridized carbons (Fsp3) is 0.412. The molecule has 3 N–H and O–H groups in total. The molecule has 2 heterocycles. The second-order valence-electron chi connectivity index (χ2n) is 5.75. The predicted octanol–water partition coefficient (Wildman–Crippen LogP) is 1.05. The minimum absolute atomic E-state index is 0.0119. The molecule has 6 nitrogen and oxygen atoms in total. The van der Waals surface area contributed by atoms with Gasteiger partial charge in [0.1, 0.15) is 6.10 Å². The summed E-state index contributed by atoms with van der Waals surface area (Å²) in [6, 6.07) is 9.95. The standard InChI is InChI=1S/C17H22N4O2/c18-10-15-6-7-16(23-15)17(22)19-11-13-4-1-2-5-14(13)12-21-9-3-8-20-21/h1-5,8-9,15-16H,6-7,10-12,18H2,(H,19,22)/t15-,16+/m1/s1. The molecule has 2 aromatic rings. The largest absolute Gasteiger partial charge is 0.364 e. The van der Waals surface area contributed by atoms with E-state index in [0.29, 0.717) is 19.6 Å². The van der Waals surface area contributed by atoms with Gasteiger partial charge in [-0.2, -0.15) is 5.10 Å². The van der Waals surface area contributed by atoms with E-state index in [1.54, 1.807) is 6.20 Å². The number of hydrogen-bond donors (Lipinski definition) is 2. The minimum Gasteiger partial charge on any atom is -0.364 e. The van der Waals surface area contributed by atoms with Crippen LogP contribution in [0.15, 0.2) is 42.7 Å². The fourth-order valence-corrected chi connectivity index (χ4v) is 2.82. The maximum atomic E-state index is 12.2. The van der Waals surface area contributed by atoms with Crippen molar-refractivity contribution in [1.82, 2.24) is 15.1 Å². The summed E-state index contributed by atoms with van der Waals surface area (Å²) >= 11 is 0. The molecule has 1 aliphatic heterocycles. The Morgan fingerprint density at radius 2 is 2.13 bits per heavy atom. The van der Waals surface area contributed by atoms with Gasteiger partial charge in [-0.05, 0) is 30.0 Å². The lowest BCUT2D eigenvalue weighted by molar-refractivity contribution is -0.132. The molecule has 0 spiro atoms. The van der Waals surface area contributed by atoms with E-state index in [1.165, 1.54) is 0 Å². The summed E-state index contributed by atoms with van der Waals surface area (Å²) in [4.78, 5) is 12.2. The molecule has 122 valence electrons. The molecule has 0 aliphatic carbocycles. The van der Waals surface area contributed by atoms with Crippen LogP contribution in [0, 0.1) is 0 Å². The lowest BCUT2D eigenvalue weighted by Crippen LogP contribution is -2.35. The molecule has 1 aromatic carbocycles. The van der Waals surface area contributed by atoms with Crippen LogP contribution in [0.1, 0.15) is 24.0 Å². The highest BCUT2D eigenvalue weighted by Crippen LogP contribution is 2.19. The molecule has 0 saturated carbocycles. The normalized spacial score (nSPS) is 20.6. The summed E-state index contributed by atoms with van der Waals surface area (Å²) in [5.74, 6) is -0.0603. The molecule has 1 aliphatic rings. The Labute approximate surface area is 135 Å². The molecule has 1 fully saturated rings. The van der Waals surface area contributed by atoms with Gasteiger partial charge >= 0.3 is 0 Å². The number of carbonyl (C=O) groups is 1. The minimum atomic E-state index is -0.373. The summed E-state index contributed by atoms with van der Waals surface area (Å²) in [6.07, 6.45) is 4.91. The third-order valence-electron chi connectivity index (χ3n) is 4.13. The third-order valence-corrected chi connectivity index (χ3v) is 4.13. The monoisotopic (exact) mass is 314 g/mol. The number of hydrogen-bond acceptors (Lipinski definition) is 4. The van der Waals surface area contributed by atoms with Gasteiger partial charge in [0.15, 0.2) is 0 Å². The molecule has 1 amide bonds. The Balaban J connectivity index is 1.59. The molecule has 1 aromatic heterocycles. The van der Waals surface area contributed by atoms with Crippen LogP contribution in [0.3, 0.4) is 0 Å². The number of aromatic nitrogens is 2. The van der Waals surface area contributed by atoms with Gasteiger partial charge in [0.25, 0.3) is 0 Å². The van der Waals surface area contributed by atoms with Gasteiger partial charge in [0.2, 0.25) is 5.91 Å². The van der Waals surface area contributed by atoms with Crippen molar-refractivity contribution in [2.45, 2.75) is 38.1 Å². The van der Waals surface area contributed by atoms with E-state index in [-0.39, 0.29) is 18.1 Å². The smallest absolute Gasteiger partial charge is 0.249 e. The van der Waals surface area contributed by atoms with Crippen LogP contribution in [0.4, 0.5) is 0 Å². The summed E-state index contributed by atoms with van der Waals surface area (Å²) in [6.45, 7) is 1.65. The number of carbonyl (C=O) groups excluding carboxylic acids is 1. The average Bonchev–Trinajstić information content (AvgIpc) is 3.25. The van der Waals surface area contributed by atoms with Gasteiger partial charge in [0.05, 0.1) is 12.6 Å². The second-order valence-corrected chi connectivity index (χ2v) is 5.75. The summed E-state index contributed by atoms with van der Waals surface area (Å²) < 4.78 is 7.49. The van der Waals surface area contributed by atoms with Crippen molar-refractivity contribution in [3.8, 4) is 0 Å². The Kier molecular flexibility index (Phi) is 5.05.